The number of anilines is 1. The van der Waals surface area contributed by atoms with Crippen LogP contribution in [0.4, 0.5) is 15.1 Å². The molecule has 1 aliphatic heterocycles. The Morgan fingerprint density at radius 2 is 1.92 bits per heavy atom. The second kappa shape index (κ2) is 11.0. The predicted molar refractivity (Wildman–Crippen MR) is 137 cm³/mol. The first-order valence-corrected chi connectivity index (χ1v) is 12.6. The minimum absolute atomic E-state index is 0.244. The number of carbonyl (C=O) groups excluding carboxylic acids is 2. The lowest BCUT2D eigenvalue weighted by molar-refractivity contribution is -0.115. The molecule has 1 aliphatic carbocycles. The van der Waals surface area contributed by atoms with E-state index in [2.05, 4.69) is 30.9 Å². The second-order valence-corrected chi connectivity index (χ2v) is 9.79. The lowest BCUT2D eigenvalue weighted by Gasteiger charge is -2.30. The van der Waals surface area contributed by atoms with Crippen LogP contribution in [0.15, 0.2) is 59.9 Å². The van der Waals surface area contributed by atoms with Gasteiger partial charge in [0, 0.05) is 42.8 Å². The first-order chi connectivity index (χ1) is 17.5. The largest absolute Gasteiger partial charge is 0.351 e. The second-order valence-electron chi connectivity index (χ2n) is 8.77. The van der Waals surface area contributed by atoms with Crippen molar-refractivity contribution in [2.75, 3.05) is 5.32 Å². The summed E-state index contributed by atoms with van der Waals surface area (Å²) >= 11 is 0.865. The van der Waals surface area contributed by atoms with Gasteiger partial charge in [0.25, 0.3) is 11.1 Å². The van der Waals surface area contributed by atoms with E-state index in [-0.39, 0.29) is 17.1 Å². The maximum absolute atomic E-state index is 13.9. The fourth-order valence-electron chi connectivity index (χ4n) is 4.45. The first kappa shape index (κ1) is 24.1. The summed E-state index contributed by atoms with van der Waals surface area (Å²) in [4.78, 5) is 36.4. The molecule has 2 aliphatic rings. The van der Waals surface area contributed by atoms with Gasteiger partial charge in [0.2, 0.25) is 5.95 Å². The number of hydrogen-bond donors (Lipinski definition) is 3. The van der Waals surface area contributed by atoms with Crippen molar-refractivity contribution in [1.29, 1.82) is 0 Å². The van der Waals surface area contributed by atoms with E-state index < -0.39 is 5.91 Å². The maximum Gasteiger partial charge on any atom is 0.290 e. The monoisotopic (exact) mass is 504 g/mol. The van der Waals surface area contributed by atoms with Crippen LogP contribution in [0.2, 0.25) is 0 Å². The molecule has 3 aromatic rings. The summed E-state index contributed by atoms with van der Waals surface area (Å²) in [5.41, 5.74) is 3.37. The highest BCUT2D eigenvalue weighted by Crippen LogP contribution is 2.27. The molecule has 2 amide bonds. The van der Waals surface area contributed by atoms with Crippen LogP contribution < -0.4 is 16.0 Å². The number of pyridine rings is 1. The Bertz CT molecular complexity index is 1290. The molecule has 0 radical (unpaired) electrons. The summed E-state index contributed by atoms with van der Waals surface area (Å²) in [5, 5.41) is 8.89. The molecule has 3 heterocycles. The number of amides is 2. The van der Waals surface area contributed by atoms with E-state index in [0.29, 0.717) is 29.1 Å². The number of hydrogen-bond acceptors (Lipinski definition) is 8. The van der Waals surface area contributed by atoms with E-state index in [1.807, 2.05) is 18.2 Å². The van der Waals surface area contributed by atoms with E-state index in [0.717, 1.165) is 54.1 Å². The van der Waals surface area contributed by atoms with Crippen LogP contribution in [0.25, 0.3) is 17.2 Å². The molecular formula is C26H25FN6O2S. The van der Waals surface area contributed by atoms with Crippen molar-refractivity contribution in [2.24, 2.45) is 0 Å². The van der Waals surface area contributed by atoms with Gasteiger partial charge in [-0.1, -0.05) is 12.1 Å². The van der Waals surface area contributed by atoms with Crippen LogP contribution in [-0.4, -0.2) is 38.2 Å². The van der Waals surface area contributed by atoms with E-state index in [9.17, 15) is 14.0 Å². The van der Waals surface area contributed by atoms with E-state index in [1.165, 1.54) is 6.07 Å². The van der Waals surface area contributed by atoms with Gasteiger partial charge in [-0.05, 0) is 78.9 Å². The van der Waals surface area contributed by atoms with Crippen LogP contribution in [0.1, 0.15) is 36.9 Å². The molecular weight excluding hydrogens is 479 g/mol. The van der Waals surface area contributed by atoms with Crippen LogP contribution in [-0.2, 0) is 11.3 Å². The minimum Gasteiger partial charge on any atom is -0.351 e. The van der Waals surface area contributed by atoms with Gasteiger partial charge in [0.15, 0.2) is 0 Å². The van der Waals surface area contributed by atoms with Gasteiger partial charge >= 0.3 is 0 Å². The number of thioether (sulfide) groups is 1. The maximum atomic E-state index is 13.9. The van der Waals surface area contributed by atoms with Gasteiger partial charge in [0.1, 0.15) is 5.82 Å². The highest BCUT2D eigenvalue weighted by atomic mass is 32.2. The number of carbonyl (C=O) groups is 2. The van der Waals surface area contributed by atoms with Crippen molar-refractivity contribution in [1.82, 2.24) is 25.6 Å². The molecule has 0 atom stereocenters. The van der Waals surface area contributed by atoms with Crippen LogP contribution in [0.3, 0.4) is 0 Å². The van der Waals surface area contributed by atoms with Crippen molar-refractivity contribution in [3.63, 3.8) is 0 Å². The van der Waals surface area contributed by atoms with Gasteiger partial charge in [-0.3, -0.25) is 19.9 Å². The average molecular weight is 505 g/mol. The molecule has 36 heavy (non-hydrogen) atoms. The molecule has 0 spiro atoms. The fourth-order valence-corrected chi connectivity index (χ4v) is 5.12. The van der Waals surface area contributed by atoms with Gasteiger partial charge in [-0.2, -0.15) is 0 Å². The molecule has 1 aromatic carbocycles. The molecule has 0 unspecified atom stereocenters. The Balaban J connectivity index is 1.15. The number of benzene rings is 1. The Morgan fingerprint density at radius 1 is 1.08 bits per heavy atom. The number of nitrogens with one attached hydrogen (secondary N) is 3. The molecule has 5 rings (SSSR count). The molecule has 2 fully saturated rings. The molecule has 2 aromatic heterocycles. The zero-order chi connectivity index (χ0) is 24.9. The van der Waals surface area contributed by atoms with Crippen LogP contribution in [0.5, 0.6) is 0 Å². The Kier molecular flexibility index (Phi) is 7.33. The third-order valence-electron chi connectivity index (χ3n) is 6.28. The first-order valence-electron chi connectivity index (χ1n) is 11.8. The lowest BCUT2D eigenvalue weighted by atomic mass is 9.91. The van der Waals surface area contributed by atoms with E-state index >= 15 is 0 Å². The standard InChI is InChI=1S/C26H25FN6O2S/c27-18-4-3-17(22(12-18)16-2-1-10-28-14-16)15-30-19-5-7-20(8-6-19)31-25-29-11-9-21(32-25)13-23-24(34)33-26(35)36-23/h1-4,9-14,19-20,30H,5-8,15H2,(H,29,31,32)(H,33,34,35)/b23-13-/t19-,20-. The highest BCUT2D eigenvalue weighted by Gasteiger charge is 2.25. The summed E-state index contributed by atoms with van der Waals surface area (Å²) in [6, 6.07) is 11.0. The van der Waals surface area contributed by atoms with Crippen molar-refractivity contribution in [3.05, 3.63) is 77.0 Å². The van der Waals surface area contributed by atoms with E-state index in [1.54, 1.807) is 36.8 Å². The minimum atomic E-state index is -0.405. The van der Waals surface area contributed by atoms with Crippen LogP contribution >= 0.6 is 11.8 Å². The van der Waals surface area contributed by atoms with Crippen molar-refractivity contribution in [2.45, 2.75) is 44.3 Å². The van der Waals surface area contributed by atoms with Crippen molar-refractivity contribution >= 4 is 34.9 Å². The number of aromatic nitrogens is 3. The smallest absolute Gasteiger partial charge is 0.290 e. The molecule has 184 valence electrons. The SMILES string of the molecule is O=C1NC(=O)/C(=C/c2ccnc(N[C@H]3CC[C@H](NCc4ccc(F)cc4-c4cccnc4)CC3)n2)S1. The molecule has 0 bridgehead atoms. The summed E-state index contributed by atoms with van der Waals surface area (Å²) < 4.78 is 13.9. The topological polar surface area (TPSA) is 109 Å². The zero-order valence-electron chi connectivity index (χ0n) is 19.4. The molecule has 10 heteroatoms. The third-order valence-corrected chi connectivity index (χ3v) is 7.09. The summed E-state index contributed by atoms with van der Waals surface area (Å²) in [6.45, 7) is 0.654. The molecule has 3 N–H and O–H groups in total. The highest BCUT2D eigenvalue weighted by molar-refractivity contribution is 8.18. The summed E-state index contributed by atoms with van der Waals surface area (Å²) in [7, 11) is 0. The summed E-state index contributed by atoms with van der Waals surface area (Å²) in [5.74, 6) is -0.162. The van der Waals surface area contributed by atoms with Gasteiger partial charge in [-0.25, -0.2) is 14.4 Å². The Hall–Kier alpha value is -3.63. The lowest BCUT2D eigenvalue weighted by Crippen LogP contribution is -2.37. The van der Waals surface area contributed by atoms with Gasteiger partial charge in [-0.15, -0.1) is 0 Å². The van der Waals surface area contributed by atoms with Gasteiger partial charge in [0.05, 0.1) is 10.6 Å². The van der Waals surface area contributed by atoms with E-state index in [4.69, 9.17) is 0 Å². The van der Waals surface area contributed by atoms with Crippen molar-refractivity contribution in [3.8, 4) is 11.1 Å². The summed E-state index contributed by atoms with van der Waals surface area (Å²) in [6.07, 6.45) is 10.6. The third kappa shape index (κ3) is 5.95. The molecule has 8 nitrogen and oxygen atoms in total. The van der Waals surface area contributed by atoms with Crippen molar-refractivity contribution < 1.29 is 14.0 Å². The van der Waals surface area contributed by atoms with Gasteiger partial charge < -0.3 is 10.6 Å². The number of halogens is 1. The molecule has 1 saturated carbocycles. The quantitative estimate of drug-likeness (QED) is 0.403. The van der Waals surface area contributed by atoms with Crippen LogP contribution in [0, 0.1) is 5.82 Å². The average Bonchev–Trinajstić information content (AvgIpc) is 3.21. The zero-order valence-corrected chi connectivity index (χ0v) is 20.2. The normalized spacial score (nSPS) is 21.0. The molecule has 1 saturated heterocycles. The Morgan fingerprint density at radius 3 is 2.67 bits per heavy atom. The number of nitrogens with zero attached hydrogens (tertiary/aromatic N) is 3. The fraction of sp³-hybridized carbons (Fsp3) is 0.269. The number of rotatable bonds is 7. The predicted octanol–water partition coefficient (Wildman–Crippen LogP) is 4.51. The number of imide groups is 1. The Labute approximate surface area is 212 Å².